The van der Waals surface area contributed by atoms with E-state index in [4.69, 9.17) is 11.6 Å². The molecule has 1 aliphatic rings. The van der Waals surface area contributed by atoms with Crippen LogP contribution in [0.25, 0.3) is 0 Å². The van der Waals surface area contributed by atoms with Crippen molar-refractivity contribution >= 4 is 11.6 Å². The van der Waals surface area contributed by atoms with Crippen LogP contribution >= 0.6 is 11.6 Å². The van der Waals surface area contributed by atoms with Crippen LogP contribution < -0.4 is 17.7 Å². The third-order valence-electron chi connectivity index (χ3n) is 1.61. The summed E-state index contributed by atoms with van der Waals surface area (Å²) in [5, 5.41) is 3.15. The average Bonchev–Trinajstić information content (AvgIpc) is 1.86. The number of nitrogens with one attached hydrogen (secondary N) is 1. The molecule has 1 heterocycles. The molecule has 2 nitrogen and oxygen atoms in total. The minimum absolute atomic E-state index is 0. The van der Waals surface area contributed by atoms with Gasteiger partial charge in [0.2, 0.25) is 5.62 Å². The Labute approximate surface area is 67.2 Å². The summed E-state index contributed by atoms with van der Waals surface area (Å²) < 4.78 is 0.890. The lowest BCUT2D eigenvalue weighted by atomic mass is 10.6. The van der Waals surface area contributed by atoms with Crippen molar-refractivity contribution in [1.82, 2.24) is 5.32 Å². The lowest BCUT2D eigenvalue weighted by Gasteiger charge is -2.25. The van der Waals surface area contributed by atoms with E-state index in [1.54, 1.807) is 0 Å². The van der Waals surface area contributed by atoms with Gasteiger partial charge in [0.25, 0.3) is 0 Å². The highest BCUT2D eigenvalue weighted by Gasteiger charge is 2.30. The van der Waals surface area contributed by atoms with Crippen molar-refractivity contribution in [3.63, 3.8) is 0 Å². The zero-order chi connectivity index (χ0) is 6.20. The zero-order valence-corrected chi connectivity index (χ0v) is 7.21. The highest BCUT2D eigenvalue weighted by Crippen LogP contribution is 2.11. The first-order valence-corrected chi connectivity index (χ1v) is 3.27. The number of nitrogens with zero attached hydrogens (tertiary/aromatic N) is 1. The first-order chi connectivity index (χ1) is 3.63. The molecule has 0 aromatic rings. The summed E-state index contributed by atoms with van der Waals surface area (Å²) in [5.41, 5.74) is 0.120. The third-order valence-corrected chi connectivity index (χ3v) is 2.30. The molecule has 1 unspecified atom stereocenters. The van der Waals surface area contributed by atoms with Gasteiger partial charge in [0.15, 0.2) is 0 Å². The average molecular weight is 171 g/mol. The fourth-order valence-corrected chi connectivity index (χ4v) is 1.04. The minimum Gasteiger partial charge on any atom is -1.00 e. The lowest BCUT2D eigenvalue weighted by Crippen LogP contribution is -3.00. The summed E-state index contributed by atoms with van der Waals surface area (Å²) in [4.78, 5) is 0. The maximum atomic E-state index is 5.86. The van der Waals surface area contributed by atoms with E-state index in [0.29, 0.717) is 0 Å². The van der Waals surface area contributed by atoms with Gasteiger partial charge in [0.1, 0.15) is 0 Å². The van der Waals surface area contributed by atoms with E-state index in [1.165, 1.54) is 0 Å². The van der Waals surface area contributed by atoms with Crippen molar-refractivity contribution in [3.05, 3.63) is 0 Å². The molecule has 0 spiro atoms. The molecule has 0 aromatic heterocycles. The predicted octanol–water partition coefficient (Wildman–Crippen LogP) is -2.81. The summed E-state index contributed by atoms with van der Waals surface area (Å²) in [6, 6.07) is 0. The second-order valence-electron chi connectivity index (χ2n) is 2.79. The van der Waals surface area contributed by atoms with Crippen molar-refractivity contribution in [2.24, 2.45) is 0 Å². The Bertz CT molecular complexity index is 95.0. The zero-order valence-electron chi connectivity index (χ0n) is 5.69. The van der Waals surface area contributed by atoms with Crippen LogP contribution in [-0.4, -0.2) is 37.3 Å². The first-order valence-electron chi connectivity index (χ1n) is 2.83. The number of likely N-dealkylation sites (N-methyl/N-ethyl adjacent to an activating group) is 1. The van der Waals surface area contributed by atoms with Crippen molar-refractivity contribution in [1.29, 1.82) is 0 Å². The molecule has 4 heteroatoms. The van der Waals surface area contributed by atoms with Crippen molar-refractivity contribution in [3.8, 4) is 0 Å². The number of halogens is 2. The van der Waals surface area contributed by atoms with Gasteiger partial charge in [-0.25, -0.2) is 5.32 Å². The van der Waals surface area contributed by atoms with Gasteiger partial charge in [-0.2, -0.15) is 0 Å². The molecule has 1 atom stereocenters. The highest BCUT2D eigenvalue weighted by molar-refractivity contribution is 6.19. The Balaban J connectivity index is 0.000000640. The summed E-state index contributed by atoms with van der Waals surface area (Å²) >= 11 is 5.86. The molecule has 1 saturated heterocycles. The third kappa shape index (κ3) is 1.97. The van der Waals surface area contributed by atoms with Gasteiger partial charge in [-0.1, -0.05) is 0 Å². The smallest absolute Gasteiger partial charge is 0.220 e. The molecule has 0 aliphatic carbocycles. The molecule has 1 rings (SSSR count). The molecule has 0 aromatic carbocycles. The number of hydrogen-bond acceptors (Lipinski definition) is 1. The van der Waals surface area contributed by atoms with Crippen LogP contribution in [0.15, 0.2) is 0 Å². The number of hydrogen-bond donors (Lipinski definition) is 1. The molecular formula is C5H12Cl2N2. The fraction of sp³-hybridized carbons (Fsp3) is 1.00. The summed E-state index contributed by atoms with van der Waals surface area (Å²) in [5.74, 6) is 0. The highest BCUT2D eigenvalue weighted by atomic mass is 35.5. The van der Waals surface area contributed by atoms with E-state index in [2.05, 4.69) is 19.4 Å². The van der Waals surface area contributed by atoms with Crippen molar-refractivity contribution in [2.45, 2.75) is 5.62 Å². The Morgan fingerprint density at radius 1 is 1.56 bits per heavy atom. The normalized spacial score (nSPS) is 31.7. The molecule has 9 heavy (non-hydrogen) atoms. The molecule has 1 N–H and O–H groups in total. The number of rotatable bonds is 0. The quantitative estimate of drug-likeness (QED) is 0.236. The molecule has 0 saturated carbocycles. The molecule has 56 valence electrons. The van der Waals surface area contributed by atoms with Gasteiger partial charge in [-0.15, -0.1) is 0 Å². The van der Waals surface area contributed by atoms with Crippen molar-refractivity contribution in [2.75, 3.05) is 27.2 Å². The van der Waals surface area contributed by atoms with Crippen LogP contribution in [0.4, 0.5) is 0 Å². The largest absolute Gasteiger partial charge is 1.00 e. The predicted molar refractivity (Wildman–Crippen MR) is 34.6 cm³/mol. The maximum Gasteiger partial charge on any atom is 0.220 e. The fourth-order valence-electron chi connectivity index (χ4n) is 0.832. The van der Waals surface area contributed by atoms with E-state index in [0.717, 1.165) is 17.6 Å². The van der Waals surface area contributed by atoms with E-state index in [1.807, 2.05) is 0 Å². The van der Waals surface area contributed by atoms with Gasteiger partial charge in [-0.05, 0) is 11.6 Å². The molecule has 1 aliphatic heterocycles. The topological polar surface area (TPSA) is 12.0 Å². The van der Waals surface area contributed by atoms with Gasteiger partial charge in [0.05, 0.1) is 27.2 Å². The van der Waals surface area contributed by atoms with E-state index in [9.17, 15) is 0 Å². The molecule has 1 fully saturated rings. The molecule has 0 amide bonds. The van der Waals surface area contributed by atoms with E-state index < -0.39 is 0 Å². The Kier molecular flexibility index (Phi) is 3.23. The monoisotopic (exact) mass is 170 g/mol. The van der Waals surface area contributed by atoms with Crippen LogP contribution in [0.2, 0.25) is 0 Å². The molecule has 0 bridgehead atoms. The van der Waals surface area contributed by atoms with E-state index in [-0.39, 0.29) is 18.0 Å². The molecular weight excluding hydrogens is 159 g/mol. The van der Waals surface area contributed by atoms with Gasteiger partial charge in [0, 0.05) is 0 Å². The number of alkyl halides is 1. The van der Waals surface area contributed by atoms with Crippen LogP contribution in [0, 0.1) is 0 Å². The van der Waals surface area contributed by atoms with E-state index >= 15 is 0 Å². The summed E-state index contributed by atoms with van der Waals surface area (Å²) in [6.07, 6.45) is 0. The van der Waals surface area contributed by atoms with Gasteiger partial charge < -0.3 is 12.4 Å². The van der Waals surface area contributed by atoms with Crippen molar-refractivity contribution < 1.29 is 16.9 Å². The Morgan fingerprint density at radius 2 is 2.11 bits per heavy atom. The summed E-state index contributed by atoms with van der Waals surface area (Å²) in [7, 11) is 4.25. The SMILES string of the molecule is C[N+]1(C)CCNC1Cl.[Cl-]. The standard InChI is InChI=1S/C5H12ClN2.ClH/c1-8(2)4-3-7-5(8)6;/h5,7H,3-4H2,1-2H3;1H/q+1;/p-1. The summed E-state index contributed by atoms with van der Waals surface area (Å²) in [6.45, 7) is 2.18. The Morgan fingerprint density at radius 3 is 2.22 bits per heavy atom. The van der Waals surface area contributed by atoms with Crippen LogP contribution in [-0.2, 0) is 0 Å². The maximum absolute atomic E-state index is 5.86. The van der Waals surface area contributed by atoms with Gasteiger partial charge >= 0.3 is 0 Å². The second kappa shape index (κ2) is 3.06. The van der Waals surface area contributed by atoms with Crippen LogP contribution in [0.5, 0.6) is 0 Å². The van der Waals surface area contributed by atoms with Crippen LogP contribution in [0.3, 0.4) is 0 Å². The van der Waals surface area contributed by atoms with Gasteiger partial charge in [-0.3, -0.25) is 4.48 Å². The first kappa shape index (κ1) is 9.50. The van der Waals surface area contributed by atoms with Crippen LogP contribution in [0.1, 0.15) is 0 Å². The number of quaternary nitrogens is 1. The lowest BCUT2D eigenvalue weighted by molar-refractivity contribution is -0.890. The molecule has 0 radical (unpaired) electrons. The second-order valence-corrected chi connectivity index (χ2v) is 3.21. The Hall–Kier alpha value is 0.500. The minimum atomic E-state index is 0.